The minimum absolute atomic E-state index is 0. The molecule has 1 aromatic carbocycles. The molecule has 0 amide bonds. The van der Waals surface area contributed by atoms with Crippen LogP contribution in [0.4, 0.5) is 5.69 Å². The van der Waals surface area contributed by atoms with E-state index in [2.05, 4.69) is 0 Å². The Kier molecular flexibility index (Phi) is 8.96. The van der Waals surface area contributed by atoms with E-state index in [0.29, 0.717) is 24.7 Å². The number of benzene rings is 1. The highest BCUT2D eigenvalue weighted by molar-refractivity contribution is 5.85. The third-order valence-corrected chi connectivity index (χ3v) is 3.07. The van der Waals surface area contributed by atoms with Crippen molar-refractivity contribution in [2.45, 2.75) is 38.5 Å². The first-order valence-electron chi connectivity index (χ1n) is 6.49. The van der Waals surface area contributed by atoms with Crippen molar-refractivity contribution in [3.05, 3.63) is 39.4 Å². The molecule has 1 aromatic rings. The van der Waals surface area contributed by atoms with Gasteiger partial charge in [0.2, 0.25) is 0 Å². The van der Waals surface area contributed by atoms with Gasteiger partial charge in [-0.05, 0) is 24.8 Å². The van der Waals surface area contributed by atoms with Crippen LogP contribution in [0.1, 0.15) is 48.0 Å². The predicted molar refractivity (Wildman–Crippen MR) is 80.2 cm³/mol. The third kappa shape index (κ3) is 6.35. The summed E-state index contributed by atoms with van der Waals surface area (Å²) in [5.74, 6) is -0.799. The fourth-order valence-electron chi connectivity index (χ4n) is 2.06. The van der Waals surface area contributed by atoms with Crippen molar-refractivity contribution in [1.29, 1.82) is 0 Å². The Balaban J connectivity index is 0.00000400. The number of aliphatic carboxylic acids is 1. The molecule has 116 valence electrons. The van der Waals surface area contributed by atoms with Gasteiger partial charge in [-0.3, -0.25) is 19.7 Å². The smallest absolute Gasteiger partial charge is 0.303 e. The van der Waals surface area contributed by atoms with Crippen molar-refractivity contribution in [2.24, 2.45) is 0 Å². The maximum absolute atomic E-state index is 11.0. The molecule has 0 atom stereocenters. The number of nitro groups is 1. The predicted octanol–water partition coefficient (Wildman–Crippen LogP) is 3.41. The lowest BCUT2D eigenvalue weighted by molar-refractivity contribution is -0.385. The summed E-state index contributed by atoms with van der Waals surface area (Å²) in [7, 11) is 0. The molecule has 0 aromatic heterocycles. The summed E-state index contributed by atoms with van der Waals surface area (Å²) in [5, 5.41) is 19.3. The Bertz CT molecular complexity index is 504. The maximum Gasteiger partial charge on any atom is 0.303 e. The van der Waals surface area contributed by atoms with Gasteiger partial charge in [0.05, 0.1) is 10.5 Å². The number of hydrogen-bond acceptors (Lipinski definition) is 4. The second-order valence-electron chi connectivity index (χ2n) is 4.53. The largest absolute Gasteiger partial charge is 0.481 e. The van der Waals surface area contributed by atoms with Crippen LogP contribution in [-0.2, 0) is 11.2 Å². The van der Waals surface area contributed by atoms with Crippen molar-refractivity contribution in [3.8, 4) is 0 Å². The summed E-state index contributed by atoms with van der Waals surface area (Å²) < 4.78 is 0. The Morgan fingerprint density at radius 2 is 1.90 bits per heavy atom. The first-order chi connectivity index (χ1) is 9.56. The molecule has 1 N–H and O–H groups in total. The van der Waals surface area contributed by atoms with Crippen LogP contribution in [0, 0.1) is 10.1 Å². The molecule has 0 unspecified atom stereocenters. The molecular formula is C14H18ClNO5. The number of hydrogen-bond donors (Lipinski definition) is 1. The van der Waals surface area contributed by atoms with E-state index in [4.69, 9.17) is 5.11 Å². The van der Waals surface area contributed by atoms with Crippen molar-refractivity contribution in [2.75, 3.05) is 0 Å². The quantitative estimate of drug-likeness (QED) is 0.326. The Morgan fingerprint density at radius 1 is 1.24 bits per heavy atom. The summed E-state index contributed by atoms with van der Waals surface area (Å²) in [6.45, 7) is 0. The van der Waals surface area contributed by atoms with Crippen molar-refractivity contribution in [3.63, 3.8) is 0 Å². The van der Waals surface area contributed by atoms with Gasteiger partial charge >= 0.3 is 5.97 Å². The van der Waals surface area contributed by atoms with Gasteiger partial charge in [-0.2, -0.15) is 0 Å². The number of nitro benzene ring substituents is 1. The molecule has 7 heteroatoms. The van der Waals surface area contributed by atoms with Crippen LogP contribution in [0.15, 0.2) is 18.2 Å². The van der Waals surface area contributed by atoms with E-state index in [-0.39, 0.29) is 30.1 Å². The number of carboxylic acid groups (broad SMARTS) is 1. The van der Waals surface area contributed by atoms with Gasteiger partial charge in [0.25, 0.3) is 5.69 Å². The van der Waals surface area contributed by atoms with Gasteiger partial charge in [0.15, 0.2) is 6.29 Å². The molecule has 0 spiro atoms. The van der Waals surface area contributed by atoms with Crippen LogP contribution in [0.5, 0.6) is 0 Å². The fraction of sp³-hybridized carbons (Fsp3) is 0.429. The van der Waals surface area contributed by atoms with Crippen LogP contribution < -0.4 is 0 Å². The molecular weight excluding hydrogens is 298 g/mol. The van der Waals surface area contributed by atoms with E-state index < -0.39 is 10.9 Å². The highest BCUT2D eigenvalue weighted by Crippen LogP contribution is 2.22. The lowest BCUT2D eigenvalue weighted by Gasteiger charge is -2.05. The topological polar surface area (TPSA) is 97.5 Å². The number of carbonyl (C=O) groups is 2. The second kappa shape index (κ2) is 9.88. The molecule has 6 nitrogen and oxygen atoms in total. The Hall–Kier alpha value is -1.95. The summed E-state index contributed by atoms with van der Waals surface area (Å²) >= 11 is 0. The van der Waals surface area contributed by atoms with Crippen LogP contribution in [-0.4, -0.2) is 22.3 Å². The number of carbonyl (C=O) groups excluding carboxylic acids is 1. The summed E-state index contributed by atoms with van der Waals surface area (Å²) in [6, 6.07) is 4.61. The first kappa shape index (κ1) is 19.1. The van der Waals surface area contributed by atoms with Crippen LogP contribution in [0.2, 0.25) is 0 Å². The minimum Gasteiger partial charge on any atom is -0.481 e. The number of halogens is 1. The molecule has 1 rings (SSSR count). The van der Waals surface area contributed by atoms with Crippen molar-refractivity contribution in [1.82, 2.24) is 0 Å². The Morgan fingerprint density at radius 3 is 2.48 bits per heavy atom. The van der Waals surface area contributed by atoms with Gasteiger partial charge in [0.1, 0.15) is 0 Å². The van der Waals surface area contributed by atoms with E-state index in [9.17, 15) is 19.7 Å². The van der Waals surface area contributed by atoms with Crippen LogP contribution in [0.3, 0.4) is 0 Å². The average molecular weight is 316 g/mol. The standard InChI is InChI=1S/C14H17NO5.ClH/c16-10-12-11(7-5-8-13(12)15(19)20)6-3-1-2-4-9-14(17)18;/h5,7-8,10H,1-4,6,9H2,(H,17,18);1H. The second-order valence-corrected chi connectivity index (χ2v) is 4.53. The zero-order valence-electron chi connectivity index (χ0n) is 11.5. The van der Waals surface area contributed by atoms with Gasteiger partial charge in [-0.1, -0.05) is 25.0 Å². The van der Waals surface area contributed by atoms with Gasteiger partial charge in [0, 0.05) is 12.5 Å². The lowest BCUT2D eigenvalue weighted by Crippen LogP contribution is -2.00. The van der Waals surface area contributed by atoms with Gasteiger partial charge < -0.3 is 5.11 Å². The third-order valence-electron chi connectivity index (χ3n) is 3.07. The molecule has 0 fully saturated rings. The van der Waals surface area contributed by atoms with E-state index in [1.807, 2.05) is 0 Å². The highest BCUT2D eigenvalue weighted by atomic mass is 35.5. The zero-order valence-corrected chi connectivity index (χ0v) is 12.3. The lowest BCUT2D eigenvalue weighted by atomic mass is 10.00. The van der Waals surface area contributed by atoms with E-state index >= 15 is 0 Å². The zero-order chi connectivity index (χ0) is 15.0. The number of rotatable bonds is 9. The van der Waals surface area contributed by atoms with E-state index in [0.717, 1.165) is 19.3 Å². The normalized spacial score (nSPS) is 9.71. The number of unbranched alkanes of at least 4 members (excludes halogenated alkanes) is 3. The van der Waals surface area contributed by atoms with Crippen molar-refractivity contribution < 1.29 is 19.6 Å². The maximum atomic E-state index is 11.0. The molecule has 0 aliphatic rings. The monoisotopic (exact) mass is 315 g/mol. The summed E-state index contributed by atoms with van der Waals surface area (Å²) in [5.41, 5.74) is 0.652. The summed E-state index contributed by atoms with van der Waals surface area (Å²) in [4.78, 5) is 31.6. The number of carboxylic acids is 1. The summed E-state index contributed by atoms with van der Waals surface area (Å²) in [6.07, 6.45) is 4.33. The average Bonchev–Trinajstić information content (AvgIpc) is 2.41. The Labute approximate surface area is 128 Å². The molecule has 21 heavy (non-hydrogen) atoms. The van der Waals surface area contributed by atoms with Crippen LogP contribution >= 0.6 is 12.4 Å². The van der Waals surface area contributed by atoms with E-state index in [1.165, 1.54) is 6.07 Å². The minimum atomic E-state index is -0.799. The first-order valence-corrected chi connectivity index (χ1v) is 6.49. The number of nitrogens with zero attached hydrogens (tertiary/aromatic N) is 1. The SMILES string of the molecule is Cl.O=Cc1c(CCCCCCC(=O)O)cccc1[N+](=O)[O-]. The van der Waals surface area contributed by atoms with E-state index in [1.54, 1.807) is 12.1 Å². The molecule has 0 bridgehead atoms. The molecule has 0 aliphatic carbocycles. The van der Waals surface area contributed by atoms with Crippen LogP contribution in [0.25, 0.3) is 0 Å². The molecule has 0 saturated heterocycles. The van der Waals surface area contributed by atoms with Gasteiger partial charge in [-0.25, -0.2) is 0 Å². The number of aryl methyl sites for hydroxylation is 1. The molecule has 0 radical (unpaired) electrons. The molecule has 0 saturated carbocycles. The number of aldehydes is 1. The molecule has 0 heterocycles. The fourth-order valence-corrected chi connectivity index (χ4v) is 2.06. The van der Waals surface area contributed by atoms with Gasteiger partial charge in [-0.15, -0.1) is 12.4 Å². The van der Waals surface area contributed by atoms with Crippen molar-refractivity contribution >= 4 is 30.3 Å². The molecule has 0 aliphatic heterocycles. The highest BCUT2D eigenvalue weighted by Gasteiger charge is 2.16.